The van der Waals surface area contributed by atoms with Crippen molar-refractivity contribution < 1.29 is 14.2 Å². The van der Waals surface area contributed by atoms with Crippen molar-refractivity contribution in [2.45, 2.75) is 45.3 Å². The maximum Gasteiger partial charge on any atom is 0.231 e. The van der Waals surface area contributed by atoms with Crippen LogP contribution >= 0.6 is 0 Å². The second-order valence-electron chi connectivity index (χ2n) is 5.86. The zero-order chi connectivity index (χ0) is 14.7. The van der Waals surface area contributed by atoms with Crippen LogP contribution < -0.4 is 9.47 Å². The number of benzene rings is 1. The first kappa shape index (κ1) is 14.2. The van der Waals surface area contributed by atoms with E-state index in [-0.39, 0.29) is 18.8 Å². The fourth-order valence-corrected chi connectivity index (χ4v) is 3.15. The molecule has 21 heavy (non-hydrogen) atoms. The van der Waals surface area contributed by atoms with Gasteiger partial charge in [-0.15, -0.1) is 0 Å². The third-order valence-corrected chi connectivity index (χ3v) is 4.54. The second kappa shape index (κ2) is 6.36. The van der Waals surface area contributed by atoms with Crippen LogP contribution in [0.3, 0.4) is 0 Å². The fourth-order valence-electron chi connectivity index (χ4n) is 3.15. The van der Waals surface area contributed by atoms with E-state index < -0.39 is 0 Å². The Bertz CT molecular complexity index is 537. The minimum absolute atomic E-state index is 0.0295. The summed E-state index contributed by atoms with van der Waals surface area (Å²) in [5.41, 5.74) is 1.06. The number of hydrogen-bond donors (Lipinski definition) is 0. The average molecular weight is 287 g/mol. The highest BCUT2D eigenvalue weighted by atomic mass is 16.7. The van der Waals surface area contributed by atoms with E-state index in [0.29, 0.717) is 12.5 Å². The summed E-state index contributed by atoms with van der Waals surface area (Å²) in [6, 6.07) is 8.28. The van der Waals surface area contributed by atoms with E-state index in [2.05, 4.69) is 13.0 Å². The van der Waals surface area contributed by atoms with Gasteiger partial charge in [0, 0.05) is 0 Å². The highest BCUT2D eigenvalue weighted by Gasteiger charge is 2.30. The van der Waals surface area contributed by atoms with E-state index >= 15 is 0 Å². The van der Waals surface area contributed by atoms with Crippen LogP contribution in [0.2, 0.25) is 0 Å². The lowest BCUT2D eigenvalue weighted by molar-refractivity contribution is -0.0202. The molecule has 0 saturated heterocycles. The monoisotopic (exact) mass is 287 g/mol. The van der Waals surface area contributed by atoms with Crippen LogP contribution in [0.4, 0.5) is 0 Å². The first-order valence-electron chi connectivity index (χ1n) is 7.70. The molecule has 0 amide bonds. The summed E-state index contributed by atoms with van der Waals surface area (Å²) in [4.78, 5) is 0. The second-order valence-corrected chi connectivity index (χ2v) is 5.86. The number of nitrogens with zero attached hydrogens (tertiary/aromatic N) is 1. The molecule has 1 aromatic rings. The smallest absolute Gasteiger partial charge is 0.231 e. The van der Waals surface area contributed by atoms with Crippen molar-refractivity contribution in [3.8, 4) is 17.6 Å². The summed E-state index contributed by atoms with van der Waals surface area (Å²) in [5, 5.41) is 9.28. The standard InChI is InChI=1S/C17H21NO3/c1-2-12-3-5-14(9-18)16(7-12)19-10-13-4-6-15-17(8-13)21-11-20-15/h4,6,8,12,14,16H,2-3,5,7,10-11H2,1H3. The molecule has 1 heterocycles. The van der Waals surface area contributed by atoms with Crippen molar-refractivity contribution in [3.05, 3.63) is 23.8 Å². The van der Waals surface area contributed by atoms with Gasteiger partial charge in [0.1, 0.15) is 0 Å². The summed E-state index contributed by atoms with van der Waals surface area (Å²) in [6.07, 6.45) is 4.33. The maximum atomic E-state index is 9.28. The SMILES string of the molecule is CCC1CCC(C#N)C(OCc2ccc3c(c2)OCO3)C1. The minimum Gasteiger partial charge on any atom is -0.454 e. The van der Waals surface area contributed by atoms with Crippen molar-refractivity contribution in [1.82, 2.24) is 0 Å². The number of hydrogen-bond acceptors (Lipinski definition) is 4. The van der Waals surface area contributed by atoms with Crippen LogP contribution in [0.1, 0.15) is 38.2 Å². The molecule has 1 saturated carbocycles. The zero-order valence-corrected chi connectivity index (χ0v) is 12.4. The van der Waals surface area contributed by atoms with Gasteiger partial charge in [-0.3, -0.25) is 0 Å². The van der Waals surface area contributed by atoms with E-state index in [1.165, 1.54) is 6.42 Å². The van der Waals surface area contributed by atoms with Crippen LogP contribution in [0.15, 0.2) is 18.2 Å². The van der Waals surface area contributed by atoms with E-state index in [0.717, 1.165) is 36.3 Å². The molecule has 0 N–H and O–H groups in total. The predicted octanol–water partition coefficient (Wildman–Crippen LogP) is 3.65. The normalized spacial score (nSPS) is 27.3. The highest BCUT2D eigenvalue weighted by molar-refractivity contribution is 5.44. The molecule has 4 heteroatoms. The van der Waals surface area contributed by atoms with E-state index in [1.807, 2.05) is 18.2 Å². The van der Waals surface area contributed by atoms with Gasteiger partial charge in [-0.05, 0) is 42.9 Å². The Hall–Kier alpha value is -1.73. The molecule has 0 aromatic heterocycles. The summed E-state index contributed by atoms with van der Waals surface area (Å²) in [5.74, 6) is 2.29. The van der Waals surface area contributed by atoms with Gasteiger partial charge in [0.25, 0.3) is 0 Å². The maximum absolute atomic E-state index is 9.28. The van der Waals surface area contributed by atoms with Crippen molar-refractivity contribution in [3.63, 3.8) is 0 Å². The van der Waals surface area contributed by atoms with Crippen molar-refractivity contribution in [2.75, 3.05) is 6.79 Å². The first-order chi connectivity index (χ1) is 10.3. The Morgan fingerprint density at radius 1 is 1.29 bits per heavy atom. The number of fused-ring (bicyclic) bond motifs is 1. The van der Waals surface area contributed by atoms with Crippen LogP contribution in [-0.2, 0) is 11.3 Å². The molecule has 1 aliphatic carbocycles. The quantitative estimate of drug-likeness (QED) is 0.848. The van der Waals surface area contributed by atoms with Gasteiger partial charge < -0.3 is 14.2 Å². The Balaban J connectivity index is 1.61. The lowest BCUT2D eigenvalue weighted by Gasteiger charge is -2.32. The van der Waals surface area contributed by atoms with E-state index in [9.17, 15) is 5.26 Å². The summed E-state index contributed by atoms with van der Waals surface area (Å²) in [7, 11) is 0. The molecule has 1 fully saturated rings. The molecule has 3 atom stereocenters. The molecule has 0 spiro atoms. The fraction of sp³-hybridized carbons (Fsp3) is 0.588. The van der Waals surface area contributed by atoms with Crippen LogP contribution in [0.5, 0.6) is 11.5 Å². The molecule has 1 aliphatic heterocycles. The molecular formula is C17H21NO3. The van der Waals surface area contributed by atoms with Crippen LogP contribution in [0, 0.1) is 23.2 Å². The molecule has 112 valence electrons. The van der Waals surface area contributed by atoms with Gasteiger partial charge in [-0.2, -0.15) is 5.26 Å². The van der Waals surface area contributed by atoms with Gasteiger partial charge >= 0.3 is 0 Å². The van der Waals surface area contributed by atoms with Crippen molar-refractivity contribution >= 4 is 0 Å². The van der Waals surface area contributed by atoms with Crippen molar-refractivity contribution in [2.24, 2.45) is 11.8 Å². The molecule has 1 aromatic carbocycles. The Morgan fingerprint density at radius 3 is 2.95 bits per heavy atom. The molecule has 3 rings (SSSR count). The molecule has 2 aliphatic rings. The van der Waals surface area contributed by atoms with E-state index in [1.54, 1.807) is 0 Å². The van der Waals surface area contributed by atoms with E-state index in [4.69, 9.17) is 14.2 Å². The number of nitriles is 1. The van der Waals surface area contributed by atoms with Gasteiger partial charge in [0.15, 0.2) is 11.5 Å². The molecule has 3 unspecified atom stereocenters. The average Bonchev–Trinajstić information content (AvgIpc) is 3.00. The highest BCUT2D eigenvalue weighted by Crippen LogP contribution is 2.35. The zero-order valence-electron chi connectivity index (χ0n) is 12.4. The van der Waals surface area contributed by atoms with Gasteiger partial charge in [0.2, 0.25) is 6.79 Å². The third-order valence-electron chi connectivity index (χ3n) is 4.54. The molecular weight excluding hydrogens is 266 g/mol. The topological polar surface area (TPSA) is 51.5 Å². The van der Waals surface area contributed by atoms with Gasteiger partial charge in [-0.25, -0.2) is 0 Å². The minimum atomic E-state index is 0.0295. The Morgan fingerprint density at radius 2 is 2.14 bits per heavy atom. The summed E-state index contributed by atoms with van der Waals surface area (Å²) >= 11 is 0. The Labute approximate surface area is 125 Å². The molecule has 0 radical (unpaired) electrons. The van der Waals surface area contributed by atoms with Crippen LogP contribution in [-0.4, -0.2) is 12.9 Å². The molecule has 4 nitrogen and oxygen atoms in total. The lowest BCUT2D eigenvalue weighted by atomic mass is 9.79. The molecule has 0 bridgehead atoms. The largest absolute Gasteiger partial charge is 0.454 e. The van der Waals surface area contributed by atoms with Crippen LogP contribution in [0.25, 0.3) is 0 Å². The third kappa shape index (κ3) is 3.14. The lowest BCUT2D eigenvalue weighted by Crippen LogP contribution is -2.30. The number of rotatable bonds is 4. The van der Waals surface area contributed by atoms with Gasteiger partial charge in [0.05, 0.1) is 24.7 Å². The van der Waals surface area contributed by atoms with Gasteiger partial charge in [-0.1, -0.05) is 19.4 Å². The summed E-state index contributed by atoms with van der Waals surface area (Å²) < 4.78 is 16.7. The number of ether oxygens (including phenoxy) is 3. The predicted molar refractivity (Wildman–Crippen MR) is 77.9 cm³/mol. The first-order valence-corrected chi connectivity index (χ1v) is 7.70. The van der Waals surface area contributed by atoms with Crippen molar-refractivity contribution in [1.29, 1.82) is 5.26 Å². The Kier molecular flexibility index (Phi) is 4.31. The summed E-state index contributed by atoms with van der Waals surface area (Å²) in [6.45, 7) is 3.03.